The summed E-state index contributed by atoms with van der Waals surface area (Å²) in [5, 5.41) is 22.0. The van der Waals surface area contributed by atoms with Crippen molar-refractivity contribution in [3.8, 4) is 0 Å². The SMILES string of the molecule is CCC1CC2C3CCC(C(C)CC(C)(S)C(C)C(=O)NCC(=O)O)C3(C)CCC2C2(C)CCC(O)CC12. The molecule has 0 aliphatic heterocycles. The number of aliphatic hydroxyl groups is 1. The van der Waals surface area contributed by atoms with Gasteiger partial charge in [-0.05, 0) is 117 Å². The number of carbonyl (C=O) groups excluding carboxylic acids is 1. The Labute approximate surface area is 230 Å². The maximum atomic E-state index is 12.6. The van der Waals surface area contributed by atoms with Gasteiger partial charge in [0.1, 0.15) is 6.54 Å². The molecule has 0 aromatic heterocycles. The smallest absolute Gasteiger partial charge is 0.322 e. The van der Waals surface area contributed by atoms with Crippen LogP contribution in [0, 0.1) is 58.2 Å². The van der Waals surface area contributed by atoms with Gasteiger partial charge in [-0.3, -0.25) is 9.59 Å². The Kier molecular flexibility index (Phi) is 8.43. The number of thiol groups is 1. The van der Waals surface area contributed by atoms with Crippen molar-refractivity contribution >= 4 is 24.5 Å². The van der Waals surface area contributed by atoms with Gasteiger partial charge in [0.05, 0.1) is 6.10 Å². The molecule has 4 rings (SSSR count). The Hall–Kier alpha value is -0.750. The summed E-state index contributed by atoms with van der Waals surface area (Å²) in [6, 6.07) is 0. The van der Waals surface area contributed by atoms with Gasteiger partial charge in [-0.15, -0.1) is 0 Å². The first-order valence-electron chi connectivity index (χ1n) is 15.1. The minimum absolute atomic E-state index is 0.0987. The summed E-state index contributed by atoms with van der Waals surface area (Å²) < 4.78 is -0.491. The molecule has 0 radical (unpaired) electrons. The van der Waals surface area contributed by atoms with E-state index in [9.17, 15) is 14.7 Å². The fourth-order valence-electron chi connectivity index (χ4n) is 10.5. The van der Waals surface area contributed by atoms with Gasteiger partial charge < -0.3 is 15.5 Å². The second-order valence-corrected chi connectivity index (χ2v) is 15.4. The molecule has 0 saturated heterocycles. The standard InChI is InChI=1S/C31H53NO4S/c1-7-20-14-22-24-9-8-23(18(2)16-31(6,37)19(3)28(36)32-17-27(34)35)29(24,4)13-11-25(22)30(5)12-10-21(33)15-26(20)30/h18-26,33,37H,7-17H2,1-6H3,(H,32,36)(H,34,35). The first-order chi connectivity index (χ1) is 17.2. The van der Waals surface area contributed by atoms with E-state index in [0.717, 1.165) is 42.9 Å². The molecule has 12 unspecified atom stereocenters. The van der Waals surface area contributed by atoms with Crippen LogP contribution in [0.15, 0.2) is 0 Å². The summed E-state index contributed by atoms with van der Waals surface area (Å²) in [6.45, 7) is 13.5. The summed E-state index contributed by atoms with van der Waals surface area (Å²) in [4.78, 5) is 23.5. The van der Waals surface area contributed by atoms with Crippen molar-refractivity contribution in [3.63, 3.8) is 0 Å². The third-order valence-electron chi connectivity index (χ3n) is 12.6. The fraction of sp³-hybridized carbons (Fsp3) is 0.935. The van der Waals surface area contributed by atoms with Crippen molar-refractivity contribution in [3.05, 3.63) is 0 Å². The number of fused-ring (bicyclic) bond motifs is 5. The first-order valence-corrected chi connectivity index (χ1v) is 15.6. The number of hydrogen-bond donors (Lipinski definition) is 4. The lowest BCUT2D eigenvalue weighted by Crippen LogP contribution is -2.56. The molecule has 0 heterocycles. The van der Waals surface area contributed by atoms with E-state index in [0.29, 0.717) is 28.6 Å². The molecule has 0 bridgehead atoms. The van der Waals surface area contributed by atoms with Crippen LogP contribution < -0.4 is 5.32 Å². The number of rotatable bonds is 8. The molecule has 5 nitrogen and oxygen atoms in total. The quantitative estimate of drug-likeness (QED) is 0.279. The van der Waals surface area contributed by atoms with Crippen LogP contribution >= 0.6 is 12.6 Å². The van der Waals surface area contributed by atoms with E-state index < -0.39 is 10.7 Å². The van der Waals surface area contributed by atoms with Gasteiger partial charge in [0.15, 0.2) is 0 Å². The topological polar surface area (TPSA) is 86.6 Å². The second kappa shape index (κ2) is 10.7. The number of carboxylic acid groups (broad SMARTS) is 1. The normalized spacial score (nSPS) is 44.5. The van der Waals surface area contributed by atoms with Crippen LogP contribution in [0.3, 0.4) is 0 Å². The average molecular weight is 536 g/mol. The van der Waals surface area contributed by atoms with Crippen LogP contribution in [-0.4, -0.2) is 39.5 Å². The van der Waals surface area contributed by atoms with E-state index in [4.69, 9.17) is 17.7 Å². The molecule has 37 heavy (non-hydrogen) atoms. The second-order valence-electron chi connectivity index (χ2n) is 14.4. The van der Waals surface area contributed by atoms with Crippen molar-refractivity contribution in [2.24, 2.45) is 58.2 Å². The molecule has 0 aromatic carbocycles. The average Bonchev–Trinajstić information content (AvgIpc) is 3.19. The Morgan fingerprint density at radius 1 is 1.03 bits per heavy atom. The molecule has 1 amide bonds. The third-order valence-corrected chi connectivity index (χ3v) is 13.1. The fourth-order valence-corrected chi connectivity index (χ4v) is 10.9. The molecule has 0 aromatic rings. The number of carbonyl (C=O) groups is 2. The van der Waals surface area contributed by atoms with Gasteiger partial charge >= 0.3 is 5.97 Å². The zero-order valence-corrected chi connectivity index (χ0v) is 25.0. The van der Waals surface area contributed by atoms with E-state index in [1.165, 1.54) is 44.9 Å². The van der Waals surface area contributed by atoms with Crippen molar-refractivity contribution in [2.75, 3.05) is 6.54 Å². The van der Waals surface area contributed by atoms with Gasteiger partial charge in [0, 0.05) is 10.7 Å². The number of nitrogens with one attached hydrogen (secondary N) is 1. The number of aliphatic hydroxyl groups excluding tert-OH is 1. The third kappa shape index (κ3) is 5.24. The van der Waals surface area contributed by atoms with Crippen molar-refractivity contribution in [1.82, 2.24) is 5.32 Å². The maximum Gasteiger partial charge on any atom is 0.322 e. The van der Waals surface area contributed by atoms with Gasteiger partial charge in [0.2, 0.25) is 5.91 Å². The van der Waals surface area contributed by atoms with E-state index in [1.54, 1.807) is 0 Å². The molecule has 3 N–H and O–H groups in total. The van der Waals surface area contributed by atoms with Crippen LogP contribution in [0.25, 0.3) is 0 Å². The summed E-state index contributed by atoms with van der Waals surface area (Å²) in [5.41, 5.74) is 0.727. The molecule has 212 valence electrons. The van der Waals surface area contributed by atoms with Crippen LogP contribution in [0.2, 0.25) is 0 Å². The van der Waals surface area contributed by atoms with E-state index >= 15 is 0 Å². The van der Waals surface area contributed by atoms with Gasteiger partial charge in [-0.1, -0.05) is 41.0 Å². The van der Waals surface area contributed by atoms with Crippen LogP contribution in [0.5, 0.6) is 0 Å². The highest BCUT2D eigenvalue weighted by atomic mass is 32.1. The molecule has 0 spiro atoms. The highest BCUT2D eigenvalue weighted by Crippen LogP contribution is 2.69. The highest BCUT2D eigenvalue weighted by molar-refractivity contribution is 7.81. The summed E-state index contributed by atoms with van der Waals surface area (Å²) in [5.74, 6) is 3.30. The van der Waals surface area contributed by atoms with Gasteiger partial charge in [-0.25, -0.2) is 0 Å². The highest BCUT2D eigenvalue weighted by Gasteiger charge is 2.62. The molecule has 4 aliphatic carbocycles. The molecule has 4 saturated carbocycles. The number of amides is 1. The minimum Gasteiger partial charge on any atom is -0.480 e. The Morgan fingerprint density at radius 2 is 1.68 bits per heavy atom. The lowest BCUT2D eigenvalue weighted by molar-refractivity contribution is -0.152. The monoisotopic (exact) mass is 535 g/mol. The predicted molar refractivity (Wildman–Crippen MR) is 151 cm³/mol. The molecule has 4 fully saturated rings. The van der Waals surface area contributed by atoms with Gasteiger partial charge in [0.25, 0.3) is 0 Å². The molecule has 4 aliphatic rings. The lowest BCUT2D eigenvalue weighted by atomic mass is 9.42. The van der Waals surface area contributed by atoms with Crippen LogP contribution in [0.1, 0.15) is 106 Å². The van der Waals surface area contributed by atoms with E-state index in [2.05, 4.69) is 39.9 Å². The summed E-state index contributed by atoms with van der Waals surface area (Å²) in [6.07, 6.45) is 11.7. The molecular formula is C31H53NO4S. The number of hydrogen-bond acceptors (Lipinski definition) is 4. The molecular weight excluding hydrogens is 482 g/mol. The Morgan fingerprint density at radius 3 is 2.32 bits per heavy atom. The van der Waals surface area contributed by atoms with Crippen LogP contribution in [-0.2, 0) is 9.59 Å². The molecule has 6 heteroatoms. The summed E-state index contributed by atoms with van der Waals surface area (Å²) in [7, 11) is 0. The zero-order valence-electron chi connectivity index (χ0n) is 24.1. The van der Waals surface area contributed by atoms with Crippen molar-refractivity contribution in [1.29, 1.82) is 0 Å². The van der Waals surface area contributed by atoms with Gasteiger partial charge in [-0.2, -0.15) is 12.6 Å². The van der Waals surface area contributed by atoms with Crippen molar-refractivity contribution < 1.29 is 19.8 Å². The number of carboxylic acids is 1. The number of aliphatic carboxylic acids is 1. The van der Waals surface area contributed by atoms with E-state index in [1.807, 2.05) is 6.92 Å². The molecule has 12 atom stereocenters. The van der Waals surface area contributed by atoms with E-state index in [-0.39, 0.29) is 24.5 Å². The minimum atomic E-state index is -1.02. The lowest BCUT2D eigenvalue weighted by Gasteiger charge is -2.63. The van der Waals surface area contributed by atoms with Crippen molar-refractivity contribution in [2.45, 2.75) is 117 Å². The Bertz CT molecular complexity index is 862. The Balaban J connectivity index is 1.48. The van der Waals surface area contributed by atoms with Crippen LogP contribution in [0.4, 0.5) is 0 Å². The first kappa shape index (κ1) is 29.2. The zero-order chi connectivity index (χ0) is 27.3. The summed E-state index contributed by atoms with van der Waals surface area (Å²) >= 11 is 4.98. The largest absolute Gasteiger partial charge is 0.480 e. The predicted octanol–water partition coefficient (Wildman–Crippen LogP) is 6.19. The maximum absolute atomic E-state index is 12.6.